The van der Waals surface area contributed by atoms with E-state index in [-0.39, 0.29) is 17.1 Å². The van der Waals surface area contributed by atoms with Crippen LogP contribution in [-0.4, -0.2) is 30.1 Å². The van der Waals surface area contributed by atoms with Crippen molar-refractivity contribution in [1.29, 1.82) is 0 Å². The molecule has 3 aliphatic rings. The predicted octanol–water partition coefficient (Wildman–Crippen LogP) is 3.41. The number of carbonyl (C=O) groups is 3. The maximum absolute atomic E-state index is 14.8. The number of benzene rings is 1. The van der Waals surface area contributed by atoms with Gasteiger partial charge in [-0.2, -0.15) is 0 Å². The van der Waals surface area contributed by atoms with Gasteiger partial charge in [0, 0.05) is 16.0 Å². The second-order valence-corrected chi connectivity index (χ2v) is 8.06. The number of anilines is 1. The van der Waals surface area contributed by atoms with Crippen LogP contribution < -0.4 is 4.90 Å². The van der Waals surface area contributed by atoms with E-state index in [2.05, 4.69) is 0 Å². The van der Waals surface area contributed by atoms with Gasteiger partial charge in [-0.1, -0.05) is 11.6 Å². The molecule has 0 bridgehead atoms. The molecule has 8 heteroatoms. The standard InChI is InChI=1S/C18H15ClFNO4S/c1-25-18(24)13-6-10-14(12(20)7-11(19)15(10)26-13)21-16(22)8-4-2-3-5-9(8)17(21)23/h7,13H,2-6H2,1H3. The van der Waals surface area contributed by atoms with Gasteiger partial charge in [0.2, 0.25) is 0 Å². The Balaban J connectivity index is 1.80. The maximum atomic E-state index is 14.8. The van der Waals surface area contributed by atoms with Gasteiger partial charge in [0.1, 0.15) is 11.1 Å². The summed E-state index contributed by atoms with van der Waals surface area (Å²) < 4.78 is 19.6. The van der Waals surface area contributed by atoms with Gasteiger partial charge >= 0.3 is 5.97 Å². The quantitative estimate of drug-likeness (QED) is 0.567. The molecule has 1 unspecified atom stereocenters. The van der Waals surface area contributed by atoms with E-state index in [0.29, 0.717) is 34.4 Å². The number of nitrogens with zero attached hydrogens (tertiary/aromatic N) is 1. The number of thioether (sulfide) groups is 1. The van der Waals surface area contributed by atoms with Crippen LogP contribution in [0.3, 0.4) is 0 Å². The minimum absolute atomic E-state index is 0.0762. The van der Waals surface area contributed by atoms with Crippen molar-refractivity contribution in [3.05, 3.63) is 33.6 Å². The summed E-state index contributed by atoms with van der Waals surface area (Å²) in [6, 6.07) is 1.10. The van der Waals surface area contributed by atoms with E-state index >= 15 is 0 Å². The molecule has 0 saturated carbocycles. The summed E-state index contributed by atoms with van der Waals surface area (Å²) in [4.78, 5) is 39.0. The van der Waals surface area contributed by atoms with Gasteiger partial charge in [-0.3, -0.25) is 14.4 Å². The highest BCUT2D eigenvalue weighted by Gasteiger charge is 2.44. The Morgan fingerprint density at radius 2 is 1.88 bits per heavy atom. The fourth-order valence-electron chi connectivity index (χ4n) is 3.77. The number of esters is 1. The molecular formula is C18H15ClFNO4S. The van der Waals surface area contributed by atoms with E-state index < -0.39 is 28.9 Å². The topological polar surface area (TPSA) is 63.7 Å². The molecule has 2 heterocycles. The van der Waals surface area contributed by atoms with Gasteiger partial charge in [0.25, 0.3) is 11.8 Å². The van der Waals surface area contributed by atoms with Crippen LogP contribution in [0.2, 0.25) is 5.02 Å². The van der Waals surface area contributed by atoms with Crippen molar-refractivity contribution in [2.45, 2.75) is 42.2 Å². The Labute approximate surface area is 158 Å². The smallest absolute Gasteiger partial charge is 0.319 e. The van der Waals surface area contributed by atoms with Crippen molar-refractivity contribution in [1.82, 2.24) is 0 Å². The molecule has 0 N–H and O–H groups in total. The van der Waals surface area contributed by atoms with Crippen LogP contribution in [0.1, 0.15) is 31.2 Å². The molecule has 1 atom stereocenters. The first kappa shape index (κ1) is 17.5. The molecule has 0 aromatic heterocycles. The zero-order chi connectivity index (χ0) is 18.6. The monoisotopic (exact) mass is 395 g/mol. The lowest BCUT2D eigenvalue weighted by Crippen LogP contribution is -2.33. The Morgan fingerprint density at radius 1 is 1.27 bits per heavy atom. The van der Waals surface area contributed by atoms with Gasteiger partial charge in [-0.05, 0) is 43.7 Å². The summed E-state index contributed by atoms with van der Waals surface area (Å²) in [5.74, 6) is -2.11. The third kappa shape index (κ3) is 2.48. The molecule has 0 saturated heterocycles. The predicted molar refractivity (Wildman–Crippen MR) is 94.8 cm³/mol. The fraction of sp³-hybridized carbons (Fsp3) is 0.389. The molecule has 0 spiro atoms. The minimum atomic E-state index is -0.735. The molecule has 1 aromatic carbocycles. The summed E-state index contributed by atoms with van der Waals surface area (Å²) in [6.07, 6.45) is 2.90. The second kappa shape index (κ2) is 6.39. The molecule has 2 aliphatic heterocycles. The second-order valence-electron chi connectivity index (χ2n) is 6.44. The molecule has 1 aromatic rings. The third-order valence-electron chi connectivity index (χ3n) is 4.98. The highest BCUT2D eigenvalue weighted by Crippen LogP contribution is 2.49. The van der Waals surface area contributed by atoms with E-state index in [1.807, 2.05) is 0 Å². The number of ether oxygens (including phenoxy) is 1. The summed E-state index contributed by atoms with van der Waals surface area (Å²) in [5, 5.41) is -0.419. The Morgan fingerprint density at radius 3 is 2.46 bits per heavy atom. The van der Waals surface area contributed by atoms with Crippen molar-refractivity contribution in [3.63, 3.8) is 0 Å². The third-order valence-corrected chi connectivity index (χ3v) is 6.74. The van der Waals surface area contributed by atoms with Crippen LogP contribution in [0.15, 0.2) is 22.1 Å². The van der Waals surface area contributed by atoms with Gasteiger partial charge in [0.05, 0.1) is 17.8 Å². The van der Waals surface area contributed by atoms with Crippen LogP contribution >= 0.6 is 23.4 Å². The Bertz CT molecular complexity index is 870. The zero-order valence-corrected chi connectivity index (χ0v) is 15.5. The lowest BCUT2D eigenvalue weighted by molar-refractivity contribution is -0.139. The lowest BCUT2D eigenvalue weighted by Gasteiger charge is -2.20. The molecule has 0 radical (unpaired) electrons. The first-order chi connectivity index (χ1) is 12.4. The average molecular weight is 396 g/mol. The number of carbonyl (C=O) groups excluding carboxylic acids is 3. The number of hydrogen-bond acceptors (Lipinski definition) is 5. The van der Waals surface area contributed by atoms with Crippen molar-refractivity contribution >= 4 is 46.8 Å². The fourth-order valence-corrected chi connectivity index (χ4v) is 5.34. The first-order valence-corrected chi connectivity index (χ1v) is 9.56. The Hall–Kier alpha value is -1.86. The highest BCUT2D eigenvalue weighted by molar-refractivity contribution is 8.01. The molecule has 5 nitrogen and oxygen atoms in total. The van der Waals surface area contributed by atoms with Crippen molar-refractivity contribution in [2.75, 3.05) is 12.0 Å². The number of methoxy groups -OCH3 is 1. The largest absolute Gasteiger partial charge is 0.468 e. The van der Waals surface area contributed by atoms with E-state index in [1.54, 1.807) is 0 Å². The maximum Gasteiger partial charge on any atom is 0.319 e. The number of fused-ring (bicyclic) bond motifs is 1. The SMILES string of the molecule is COC(=O)C1Cc2c(c(Cl)cc(F)c2N2C(=O)C3=C(CCCC3)C2=O)S1. The minimum Gasteiger partial charge on any atom is -0.468 e. The summed E-state index contributed by atoms with van der Waals surface area (Å²) in [7, 11) is 1.28. The van der Waals surface area contributed by atoms with E-state index in [9.17, 15) is 18.8 Å². The normalized spacial score (nSPS) is 22.0. The molecule has 4 rings (SSSR count). The van der Waals surface area contributed by atoms with E-state index in [0.717, 1.165) is 23.8 Å². The number of hydrogen-bond donors (Lipinski definition) is 0. The zero-order valence-electron chi connectivity index (χ0n) is 13.9. The molecule has 136 valence electrons. The van der Waals surface area contributed by atoms with E-state index in [4.69, 9.17) is 16.3 Å². The summed E-state index contributed by atoms with van der Waals surface area (Å²) in [5.41, 5.74) is 1.31. The van der Waals surface area contributed by atoms with Gasteiger partial charge < -0.3 is 4.74 Å². The van der Waals surface area contributed by atoms with Crippen LogP contribution in [0.4, 0.5) is 10.1 Å². The molecule has 2 amide bonds. The average Bonchev–Trinajstić information content (AvgIpc) is 3.18. The van der Waals surface area contributed by atoms with Crippen LogP contribution in [0.25, 0.3) is 0 Å². The first-order valence-electron chi connectivity index (χ1n) is 8.30. The van der Waals surface area contributed by atoms with Crippen LogP contribution in [-0.2, 0) is 25.5 Å². The van der Waals surface area contributed by atoms with Gasteiger partial charge in [-0.25, -0.2) is 9.29 Å². The number of rotatable bonds is 2. The number of amides is 2. The van der Waals surface area contributed by atoms with Crippen molar-refractivity contribution < 1.29 is 23.5 Å². The van der Waals surface area contributed by atoms with Crippen LogP contribution in [0, 0.1) is 5.82 Å². The molecule has 1 aliphatic carbocycles. The lowest BCUT2D eigenvalue weighted by atomic mass is 9.93. The van der Waals surface area contributed by atoms with Crippen molar-refractivity contribution in [2.24, 2.45) is 0 Å². The highest BCUT2D eigenvalue weighted by atomic mass is 35.5. The van der Waals surface area contributed by atoms with Gasteiger partial charge in [0.15, 0.2) is 0 Å². The van der Waals surface area contributed by atoms with Gasteiger partial charge in [-0.15, -0.1) is 11.8 Å². The number of halogens is 2. The van der Waals surface area contributed by atoms with Crippen LogP contribution in [0.5, 0.6) is 0 Å². The van der Waals surface area contributed by atoms with E-state index in [1.165, 1.54) is 18.9 Å². The molecular weight excluding hydrogens is 381 g/mol. The molecule has 26 heavy (non-hydrogen) atoms. The summed E-state index contributed by atoms with van der Waals surface area (Å²) in [6.45, 7) is 0. The Kier molecular flexibility index (Phi) is 4.31. The van der Waals surface area contributed by atoms with Crippen molar-refractivity contribution in [3.8, 4) is 0 Å². The summed E-state index contributed by atoms with van der Waals surface area (Å²) >= 11 is 7.32. The molecule has 0 fully saturated rings. The number of imide groups is 1.